The van der Waals surface area contributed by atoms with Gasteiger partial charge in [0.25, 0.3) is 0 Å². The normalized spacial score (nSPS) is 11.4. The average molecular weight is 215 g/mol. The van der Waals surface area contributed by atoms with Crippen molar-refractivity contribution in [1.82, 2.24) is 4.98 Å². The Balaban J connectivity index is 2.69. The van der Waals surface area contributed by atoms with E-state index in [0.717, 1.165) is 0 Å². The molecule has 0 bridgehead atoms. The summed E-state index contributed by atoms with van der Waals surface area (Å²) in [5.41, 5.74) is 5.98. The molecule has 0 aliphatic rings. The SMILES string of the molecule is CC(=O)OC/C(=N\O)c1csc(N)n1. The fourth-order valence-electron chi connectivity index (χ4n) is 0.744. The standard InChI is InChI=1S/C7H9N3O3S/c1-4(11)13-2-5(10-12)6-3-14-7(8)9-6/h3,12H,2H2,1H3,(H2,8,9)/b10-5+. The maximum absolute atomic E-state index is 10.5. The molecule has 14 heavy (non-hydrogen) atoms. The Kier molecular flexibility index (Phi) is 3.41. The Bertz CT molecular complexity index is 361. The van der Waals surface area contributed by atoms with E-state index >= 15 is 0 Å². The van der Waals surface area contributed by atoms with E-state index in [9.17, 15) is 4.79 Å². The molecule has 0 aromatic carbocycles. The zero-order valence-electron chi connectivity index (χ0n) is 7.43. The van der Waals surface area contributed by atoms with Gasteiger partial charge in [-0.2, -0.15) is 0 Å². The third-order valence-electron chi connectivity index (χ3n) is 1.35. The van der Waals surface area contributed by atoms with E-state index in [1.807, 2.05) is 0 Å². The molecule has 0 radical (unpaired) electrons. The first-order valence-electron chi connectivity index (χ1n) is 3.69. The van der Waals surface area contributed by atoms with Crippen LogP contribution in [0.15, 0.2) is 10.5 Å². The monoisotopic (exact) mass is 215 g/mol. The van der Waals surface area contributed by atoms with Crippen molar-refractivity contribution in [2.75, 3.05) is 12.3 Å². The van der Waals surface area contributed by atoms with Gasteiger partial charge in [-0.25, -0.2) is 4.98 Å². The number of esters is 1. The van der Waals surface area contributed by atoms with Crippen LogP contribution in [0, 0.1) is 0 Å². The third-order valence-corrected chi connectivity index (χ3v) is 2.02. The van der Waals surface area contributed by atoms with Gasteiger partial charge in [0.2, 0.25) is 0 Å². The molecule has 0 unspecified atom stereocenters. The van der Waals surface area contributed by atoms with Crippen LogP contribution >= 0.6 is 11.3 Å². The number of nitrogens with two attached hydrogens (primary N) is 1. The molecule has 6 nitrogen and oxygen atoms in total. The maximum atomic E-state index is 10.5. The topological polar surface area (TPSA) is 97.8 Å². The molecule has 0 spiro atoms. The average Bonchev–Trinajstić information content (AvgIpc) is 2.53. The second-order valence-corrected chi connectivity index (χ2v) is 3.29. The molecule has 1 aromatic rings. The van der Waals surface area contributed by atoms with Crippen molar-refractivity contribution in [1.29, 1.82) is 0 Å². The molecular formula is C7H9N3O3S. The quantitative estimate of drug-likeness (QED) is 0.330. The highest BCUT2D eigenvalue weighted by molar-refractivity contribution is 7.13. The van der Waals surface area contributed by atoms with Gasteiger partial charge in [-0.05, 0) is 0 Å². The minimum Gasteiger partial charge on any atom is -0.459 e. The van der Waals surface area contributed by atoms with Gasteiger partial charge in [-0.1, -0.05) is 5.16 Å². The Morgan fingerprint density at radius 1 is 1.86 bits per heavy atom. The molecule has 1 rings (SSSR count). The lowest BCUT2D eigenvalue weighted by Crippen LogP contribution is -2.13. The number of nitrogens with zero attached hydrogens (tertiary/aromatic N) is 2. The summed E-state index contributed by atoms with van der Waals surface area (Å²) in [6.45, 7) is 1.15. The van der Waals surface area contributed by atoms with E-state index in [-0.39, 0.29) is 12.3 Å². The maximum Gasteiger partial charge on any atom is 0.303 e. The Morgan fingerprint density at radius 2 is 2.57 bits per heavy atom. The summed E-state index contributed by atoms with van der Waals surface area (Å²) in [5.74, 6) is -0.450. The van der Waals surface area contributed by atoms with Crippen molar-refractivity contribution >= 4 is 28.1 Å². The summed E-state index contributed by atoms with van der Waals surface area (Å²) < 4.78 is 4.65. The van der Waals surface area contributed by atoms with Crippen LogP contribution in [-0.4, -0.2) is 28.5 Å². The van der Waals surface area contributed by atoms with Gasteiger partial charge in [0.1, 0.15) is 18.0 Å². The number of aromatic nitrogens is 1. The number of carbonyl (C=O) groups excluding carboxylic acids is 1. The molecule has 1 heterocycles. The van der Waals surface area contributed by atoms with Crippen LogP contribution in [0.4, 0.5) is 5.13 Å². The van der Waals surface area contributed by atoms with Crippen molar-refractivity contribution < 1.29 is 14.7 Å². The second-order valence-electron chi connectivity index (χ2n) is 2.40. The first-order chi connectivity index (χ1) is 6.63. The van der Waals surface area contributed by atoms with E-state index in [1.54, 1.807) is 5.38 Å². The van der Waals surface area contributed by atoms with Gasteiger partial charge in [-0.15, -0.1) is 11.3 Å². The molecule has 1 aromatic heterocycles. The minimum atomic E-state index is -0.450. The lowest BCUT2D eigenvalue weighted by atomic mass is 10.3. The van der Waals surface area contributed by atoms with Crippen LogP contribution in [0.1, 0.15) is 12.6 Å². The number of rotatable bonds is 3. The molecule has 0 saturated carbocycles. The van der Waals surface area contributed by atoms with Gasteiger partial charge in [-0.3, -0.25) is 4.79 Å². The first-order valence-corrected chi connectivity index (χ1v) is 4.57. The number of carbonyl (C=O) groups is 1. The lowest BCUT2D eigenvalue weighted by Gasteiger charge is -2.00. The van der Waals surface area contributed by atoms with E-state index in [4.69, 9.17) is 10.9 Å². The van der Waals surface area contributed by atoms with Gasteiger partial charge in [0, 0.05) is 12.3 Å². The number of nitrogen functional groups attached to an aromatic ring is 1. The van der Waals surface area contributed by atoms with Crippen LogP contribution in [0.2, 0.25) is 0 Å². The fraction of sp³-hybridized carbons (Fsp3) is 0.286. The van der Waals surface area contributed by atoms with Crippen LogP contribution in [0.25, 0.3) is 0 Å². The summed E-state index contributed by atoms with van der Waals surface area (Å²) in [4.78, 5) is 14.4. The van der Waals surface area contributed by atoms with E-state index in [2.05, 4.69) is 14.9 Å². The van der Waals surface area contributed by atoms with Crippen LogP contribution < -0.4 is 5.73 Å². The molecule has 0 aliphatic heterocycles. The Labute approximate surface area is 84.0 Å². The van der Waals surface area contributed by atoms with Crippen molar-refractivity contribution in [3.63, 3.8) is 0 Å². The van der Waals surface area contributed by atoms with Crippen molar-refractivity contribution in [2.45, 2.75) is 6.92 Å². The fourth-order valence-corrected chi connectivity index (χ4v) is 1.32. The lowest BCUT2D eigenvalue weighted by molar-refractivity contribution is -0.139. The predicted octanol–water partition coefficient (Wildman–Crippen LogP) is 0.467. The van der Waals surface area contributed by atoms with Gasteiger partial charge in [0.05, 0.1) is 0 Å². The first kappa shape index (κ1) is 10.5. The van der Waals surface area contributed by atoms with Crippen molar-refractivity contribution in [3.05, 3.63) is 11.1 Å². The van der Waals surface area contributed by atoms with Gasteiger partial charge in [0.15, 0.2) is 5.13 Å². The number of hydrogen-bond donors (Lipinski definition) is 2. The number of ether oxygens (including phenoxy) is 1. The van der Waals surface area contributed by atoms with Crippen LogP contribution in [0.5, 0.6) is 0 Å². The minimum absolute atomic E-state index is 0.116. The highest BCUT2D eigenvalue weighted by Crippen LogP contribution is 2.11. The molecule has 0 amide bonds. The van der Waals surface area contributed by atoms with Crippen molar-refractivity contribution in [3.8, 4) is 0 Å². The van der Waals surface area contributed by atoms with Gasteiger partial charge >= 0.3 is 5.97 Å². The summed E-state index contributed by atoms with van der Waals surface area (Å²) in [5, 5.41) is 13.6. The van der Waals surface area contributed by atoms with E-state index in [0.29, 0.717) is 10.8 Å². The number of anilines is 1. The Morgan fingerprint density at radius 3 is 3.00 bits per heavy atom. The molecule has 0 aliphatic carbocycles. The highest BCUT2D eigenvalue weighted by Gasteiger charge is 2.09. The summed E-state index contributed by atoms with van der Waals surface area (Å²) >= 11 is 1.22. The molecule has 0 atom stereocenters. The third kappa shape index (κ3) is 2.70. The predicted molar refractivity (Wildman–Crippen MR) is 51.5 cm³/mol. The van der Waals surface area contributed by atoms with Gasteiger partial charge < -0.3 is 15.7 Å². The molecule has 76 valence electrons. The number of thiazole rings is 1. The molecule has 0 saturated heterocycles. The van der Waals surface area contributed by atoms with E-state index in [1.165, 1.54) is 18.3 Å². The highest BCUT2D eigenvalue weighted by atomic mass is 32.1. The van der Waals surface area contributed by atoms with Crippen LogP contribution in [-0.2, 0) is 9.53 Å². The van der Waals surface area contributed by atoms with Crippen LogP contribution in [0.3, 0.4) is 0 Å². The summed E-state index contributed by atoms with van der Waals surface area (Å²) in [6.07, 6.45) is 0. The molecule has 7 heteroatoms. The molecular weight excluding hydrogens is 206 g/mol. The number of oxime groups is 1. The zero-order valence-corrected chi connectivity index (χ0v) is 8.24. The van der Waals surface area contributed by atoms with E-state index < -0.39 is 5.97 Å². The smallest absolute Gasteiger partial charge is 0.303 e. The Hall–Kier alpha value is -1.63. The largest absolute Gasteiger partial charge is 0.459 e. The number of hydrogen-bond acceptors (Lipinski definition) is 7. The van der Waals surface area contributed by atoms with Crippen molar-refractivity contribution in [2.24, 2.45) is 5.16 Å². The summed E-state index contributed by atoms with van der Waals surface area (Å²) in [7, 11) is 0. The summed E-state index contributed by atoms with van der Waals surface area (Å²) in [6, 6.07) is 0. The molecule has 3 N–H and O–H groups in total. The molecule has 0 fully saturated rings. The zero-order chi connectivity index (χ0) is 10.6. The second kappa shape index (κ2) is 4.56.